The zero-order chi connectivity index (χ0) is 28.8. The van der Waals surface area contributed by atoms with Crippen LogP contribution in [0.2, 0.25) is 0 Å². The lowest BCUT2D eigenvalue weighted by molar-refractivity contribution is -0.136. The van der Waals surface area contributed by atoms with Crippen LogP contribution in [0, 0.1) is 0 Å². The third-order valence-electron chi connectivity index (χ3n) is 7.85. The summed E-state index contributed by atoms with van der Waals surface area (Å²) in [4.78, 5) is 59.1. The van der Waals surface area contributed by atoms with Crippen LogP contribution < -0.4 is 10.6 Å². The summed E-state index contributed by atoms with van der Waals surface area (Å²) in [6.45, 7) is 1.26. The molecule has 4 amide bonds. The second kappa shape index (κ2) is 12.8. The lowest BCUT2D eigenvalue weighted by Crippen LogP contribution is -2.46. The van der Waals surface area contributed by atoms with Crippen LogP contribution in [-0.4, -0.2) is 87.0 Å². The van der Waals surface area contributed by atoms with E-state index in [1.165, 1.54) is 0 Å². The SMILES string of the molecule is Cn1nc2c3c1CCC(C3)NC(=O)CN(CCc1ccccc1)C(=O)CCCN(C(=O)c1cc[nH]c1)CCNC2=O. The number of rotatable bonds is 4. The van der Waals surface area contributed by atoms with Crippen molar-refractivity contribution in [3.63, 3.8) is 0 Å². The zero-order valence-corrected chi connectivity index (χ0v) is 23.4. The maximum atomic E-state index is 13.4. The maximum Gasteiger partial charge on any atom is 0.272 e. The highest BCUT2D eigenvalue weighted by molar-refractivity contribution is 5.95. The Morgan fingerprint density at radius 2 is 1.90 bits per heavy atom. The van der Waals surface area contributed by atoms with Gasteiger partial charge in [-0.15, -0.1) is 0 Å². The minimum atomic E-state index is -0.297. The molecule has 216 valence electrons. The van der Waals surface area contributed by atoms with Crippen molar-refractivity contribution in [1.29, 1.82) is 0 Å². The Bertz CT molecular complexity index is 1380. The number of hydrogen-bond acceptors (Lipinski definition) is 5. The lowest BCUT2D eigenvalue weighted by atomic mass is 9.91. The van der Waals surface area contributed by atoms with Crippen LogP contribution in [0.4, 0.5) is 0 Å². The summed E-state index contributed by atoms with van der Waals surface area (Å²) in [6, 6.07) is 11.4. The van der Waals surface area contributed by atoms with Gasteiger partial charge in [-0.1, -0.05) is 30.3 Å². The van der Waals surface area contributed by atoms with Crippen molar-refractivity contribution in [2.24, 2.45) is 7.05 Å². The van der Waals surface area contributed by atoms with Crippen LogP contribution in [0.25, 0.3) is 0 Å². The Morgan fingerprint density at radius 1 is 1.07 bits per heavy atom. The number of aryl methyl sites for hydroxylation is 1. The number of fused-ring (bicyclic) bond motifs is 1. The number of nitrogens with zero attached hydrogens (tertiary/aromatic N) is 4. The van der Waals surface area contributed by atoms with Gasteiger partial charge in [-0.3, -0.25) is 23.9 Å². The molecule has 1 aliphatic heterocycles. The molecular formula is C30H37N7O4. The summed E-state index contributed by atoms with van der Waals surface area (Å²) in [6.07, 6.45) is 6.50. The third-order valence-corrected chi connectivity index (χ3v) is 7.85. The summed E-state index contributed by atoms with van der Waals surface area (Å²) in [5.74, 6) is -0.815. The van der Waals surface area contributed by atoms with E-state index < -0.39 is 0 Å². The minimum absolute atomic E-state index is 0.0403. The first-order valence-corrected chi connectivity index (χ1v) is 14.2. The molecule has 5 rings (SSSR count). The van der Waals surface area contributed by atoms with Crippen LogP contribution in [0.3, 0.4) is 0 Å². The lowest BCUT2D eigenvalue weighted by Gasteiger charge is -2.27. The first-order chi connectivity index (χ1) is 19.9. The fraction of sp³-hybridized carbons (Fsp3) is 0.433. The van der Waals surface area contributed by atoms with Gasteiger partial charge in [0, 0.05) is 69.3 Å². The number of H-pyrrole nitrogens is 1. The van der Waals surface area contributed by atoms with Crippen molar-refractivity contribution < 1.29 is 19.2 Å². The summed E-state index contributed by atoms with van der Waals surface area (Å²) >= 11 is 0. The molecule has 3 aromatic rings. The number of benzene rings is 1. The van der Waals surface area contributed by atoms with Gasteiger partial charge >= 0.3 is 0 Å². The Labute approximate surface area is 239 Å². The molecular weight excluding hydrogens is 522 g/mol. The van der Waals surface area contributed by atoms with Crippen molar-refractivity contribution in [2.75, 3.05) is 32.7 Å². The van der Waals surface area contributed by atoms with E-state index in [1.807, 2.05) is 37.4 Å². The fourth-order valence-electron chi connectivity index (χ4n) is 5.66. The van der Waals surface area contributed by atoms with E-state index >= 15 is 0 Å². The maximum absolute atomic E-state index is 13.4. The number of carbonyl (C=O) groups excluding carboxylic acids is 4. The molecule has 2 bridgehead atoms. The zero-order valence-electron chi connectivity index (χ0n) is 23.4. The second-order valence-corrected chi connectivity index (χ2v) is 10.7. The van der Waals surface area contributed by atoms with Gasteiger partial charge in [0.15, 0.2) is 5.69 Å². The Hall–Kier alpha value is -4.41. The van der Waals surface area contributed by atoms with E-state index in [0.29, 0.717) is 56.6 Å². The number of aromatic nitrogens is 3. The summed E-state index contributed by atoms with van der Waals surface area (Å²) in [5, 5.41) is 10.5. The molecule has 41 heavy (non-hydrogen) atoms. The van der Waals surface area contributed by atoms with Crippen LogP contribution in [0.15, 0.2) is 48.8 Å². The van der Waals surface area contributed by atoms with Gasteiger partial charge in [0.05, 0.1) is 12.1 Å². The molecule has 2 aromatic heterocycles. The van der Waals surface area contributed by atoms with Gasteiger partial charge < -0.3 is 25.4 Å². The number of aromatic amines is 1. The Kier molecular flexibility index (Phi) is 8.81. The fourth-order valence-corrected chi connectivity index (χ4v) is 5.66. The van der Waals surface area contributed by atoms with Crippen molar-refractivity contribution in [3.05, 3.63) is 76.9 Å². The van der Waals surface area contributed by atoms with Crippen molar-refractivity contribution in [3.8, 4) is 0 Å². The van der Waals surface area contributed by atoms with Crippen LogP contribution >= 0.6 is 0 Å². The molecule has 0 spiro atoms. The Balaban J connectivity index is 1.37. The molecule has 0 saturated heterocycles. The topological polar surface area (TPSA) is 132 Å². The molecule has 1 atom stereocenters. The smallest absolute Gasteiger partial charge is 0.272 e. The van der Waals surface area contributed by atoms with E-state index in [0.717, 1.165) is 23.2 Å². The highest BCUT2D eigenvalue weighted by atomic mass is 16.2. The molecule has 3 heterocycles. The monoisotopic (exact) mass is 559 g/mol. The molecule has 0 saturated carbocycles. The number of amides is 4. The van der Waals surface area contributed by atoms with Gasteiger partial charge in [-0.05, 0) is 43.7 Å². The normalized spacial score (nSPS) is 19.0. The number of carbonyl (C=O) groups is 4. The number of nitrogens with one attached hydrogen (secondary N) is 3. The summed E-state index contributed by atoms with van der Waals surface area (Å²) in [7, 11) is 1.83. The molecule has 11 heteroatoms. The second-order valence-electron chi connectivity index (χ2n) is 10.7. The van der Waals surface area contributed by atoms with E-state index in [-0.39, 0.29) is 49.2 Å². The van der Waals surface area contributed by atoms with E-state index in [4.69, 9.17) is 0 Å². The summed E-state index contributed by atoms with van der Waals surface area (Å²) in [5.41, 5.74) is 3.78. The molecule has 0 radical (unpaired) electrons. The van der Waals surface area contributed by atoms with Gasteiger partial charge in [0.1, 0.15) is 0 Å². The molecule has 3 N–H and O–H groups in total. The molecule has 1 unspecified atom stereocenters. The quantitative estimate of drug-likeness (QED) is 0.445. The van der Waals surface area contributed by atoms with Gasteiger partial charge in [-0.25, -0.2) is 0 Å². The van der Waals surface area contributed by atoms with Crippen LogP contribution in [0.5, 0.6) is 0 Å². The van der Waals surface area contributed by atoms with E-state index in [9.17, 15) is 19.2 Å². The highest BCUT2D eigenvalue weighted by Crippen LogP contribution is 2.24. The van der Waals surface area contributed by atoms with Crippen LogP contribution in [-0.2, 0) is 35.9 Å². The standard InChI is InChI=1S/C30H37N7O4/c1-35-25-10-9-23-18-24(25)28(34-35)29(40)32-14-17-36(30(41)22-11-13-31-19-22)15-5-8-27(39)37(20-26(38)33-23)16-12-21-6-3-2-4-7-21/h2-4,6-7,11,13,19,23,31H,5,8-10,12,14-18,20H2,1H3,(H,32,40)(H,33,38). The predicted molar refractivity (Wildman–Crippen MR) is 152 cm³/mol. The van der Waals surface area contributed by atoms with Gasteiger partial charge in [0.2, 0.25) is 11.8 Å². The molecule has 11 nitrogen and oxygen atoms in total. The number of hydrogen-bond donors (Lipinski definition) is 3. The van der Waals surface area contributed by atoms with E-state index in [1.54, 1.807) is 32.9 Å². The van der Waals surface area contributed by atoms with Crippen LogP contribution in [0.1, 0.15) is 56.9 Å². The van der Waals surface area contributed by atoms with Crippen molar-refractivity contribution in [1.82, 2.24) is 35.2 Å². The molecule has 0 fully saturated rings. The highest BCUT2D eigenvalue weighted by Gasteiger charge is 2.30. The third kappa shape index (κ3) is 6.85. The Morgan fingerprint density at radius 3 is 2.68 bits per heavy atom. The van der Waals surface area contributed by atoms with Crippen molar-refractivity contribution in [2.45, 2.75) is 44.6 Å². The average molecular weight is 560 g/mol. The summed E-state index contributed by atoms with van der Waals surface area (Å²) < 4.78 is 1.74. The average Bonchev–Trinajstić information content (AvgIpc) is 3.62. The molecule has 1 aliphatic carbocycles. The van der Waals surface area contributed by atoms with Gasteiger partial charge in [-0.2, -0.15) is 5.10 Å². The first-order valence-electron chi connectivity index (χ1n) is 14.2. The molecule has 2 aliphatic rings. The molecule has 1 aromatic carbocycles. The minimum Gasteiger partial charge on any atom is -0.367 e. The van der Waals surface area contributed by atoms with E-state index in [2.05, 4.69) is 20.7 Å². The predicted octanol–water partition coefficient (Wildman–Crippen LogP) is 1.46. The van der Waals surface area contributed by atoms with Gasteiger partial charge in [0.25, 0.3) is 11.8 Å². The largest absolute Gasteiger partial charge is 0.367 e. The van der Waals surface area contributed by atoms with Crippen molar-refractivity contribution >= 4 is 23.6 Å². The first kappa shape index (κ1) is 28.1.